The van der Waals surface area contributed by atoms with E-state index in [1.54, 1.807) is 0 Å². The topological polar surface area (TPSA) is 18.5 Å². The Labute approximate surface area is 117 Å². The van der Waals surface area contributed by atoms with Crippen LogP contribution < -0.4 is 5.46 Å². The zero-order chi connectivity index (χ0) is 15.3. The number of benzene rings is 1. The van der Waals surface area contributed by atoms with E-state index in [4.69, 9.17) is 9.31 Å². The number of alkyl halides is 2. The third-order valence-corrected chi connectivity index (χ3v) is 3.95. The molecule has 1 heterocycles. The van der Waals surface area contributed by atoms with E-state index in [1.165, 1.54) is 6.07 Å². The number of hydrogen-bond acceptors (Lipinski definition) is 2. The second-order valence-corrected chi connectivity index (χ2v) is 6.25. The Balaban J connectivity index is 2.38. The fourth-order valence-electron chi connectivity index (χ4n) is 1.98. The molecule has 0 aromatic heterocycles. The minimum atomic E-state index is -3.11. The highest BCUT2D eigenvalue weighted by atomic mass is 19.3. The van der Waals surface area contributed by atoms with Crippen LogP contribution in [0.3, 0.4) is 0 Å². The molecule has 0 spiro atoms. The minimum Gasteiger partial charge on any atom is -0.399 e. The van der Waals surface area contributed by atoms with Crippen molar-refractivity contribution in [3.05, 3.63) is 29.6 Å². The molecule has 1 aliphatic heterocycles. The largest absolute Gasteiger partial charge is 0.494 e. The molecule has 1 aromatic carbocycles. The second kappa shape index (κ2) is 4.50. The molecule has 0 bridgehead atoms. The van der Waals surface area contributed by atoms with Crippen molar-refractivity contribution in [2.45, 2.75) is 51.7 Å². The van der Waals surface area contributed by atoms with E-state index in [-0.39, 0.29) is 11.0 Å². The van der Waals surface area contributed by atoms with E-state index >= 15 is 0 Å². The molecule has 0 N–H and O–H groups in total. The normalized spacial score (nSPS) is 21.3. The summed E-state index contributed by atoms with van der Waals surface area (Å²) in [4.78, 5) is 0. The minimum absolute atomic E-state index is 0.264. The summed E-state index contributed by atoms with van der Waals surface area (Å²) < 4.78 is 51.7. The van der Waals surface area contributed by atoms with Crippen molar-refractivity contribution < 1.29 is 22.5 Å². The highest BCUT2D eigenvalue weighted by Gasteiger charge is 2.52. The van der Waals surface area contributed by atoms with Gasteiger partial charge in [-0.25, -0.2) is 13.2 Å². The Morgan fingerprint density at radius 2 is 1.50 bits per heavy atom. The monoisotopic (exact) mass is 286 g/mol. The molecule has 1 aromatic rings. The predicted molar refractivity (Wildman–Crippen MR) is 71.7 cm³/mol. The highest BCUT2D eigenvalue weighted by molar-refractivity contribution is 6.62. The first-order valence-electron chi connectivity index (χ1n) is 6.47. The van der Waals surface area contributed by atoms with Crippen molar-refractivity contribution in [2.75, 3.05) is 0 Å². The molecule has 1 saturated heterocycles. The lowest BCUT2D eigenvalue weighted by Crippen LogP contribution is -2.41. The van der Waals surface area contributed by atoms with Gasteiger partial charge in [-0.3, -0.25) is 0 Å². The van der Waals surface area contributed by atoms with Crippen LogP contribution in [0.2, 0.25) is 0 Å². The van der Waals surface area contributed by atoms with Crippen LogP contribution in [0.25, 0.3) is 0 Å². The second-order valence-electron chi connectivity index (χ2n) is 6.25. The first kappa shape index (κ1) is 15.4. The molecule has 0 amide bonds. The average Bonchev–Trinajstić information content (AvgIpc) is 2.46. The maximum atomic E-state index is 13.6. The maximum absolute atomic E-state index is 13.6. The van der Waals surface area contributed by atoms with Crippen LogP contribution in [0.1, 0.15) is 40.2 Å². The molecule has 0 radical (unpaired) electrons. The summed E-state index contributed by atoms with van der Waals surface area (Å²) in [5, 5.41) is 0. The quantitative estimate of drug-likeness (QED) is 0.777. The first-order chi connectivity index (χ1) is 8.92. The van der Waals surface area contributed by atoms with Crippen molar-refractivity contribution in [2.24, 2.45) is 0 Å². The van der Waals surface area contributed by atoms with E-state index in [1.807, 2.05) is 27.7 Å². The summed E-state index contributed by atoms with van der Waals surface area (Å²) in [5.74, 6) is -3.84. The van der Waals surface area contributed by atoms with Crippen molar-refractivity contribution in [3.63, 3.8) is 0 Å². The number of rotatable bonds is 2. The summed E-state index contributed by atoms with van der Waals surface area (Å²) in [6.45, 7) is 8.13. The summed E-state index contributed by atoms with van der Waals surface area (Å²) in [6.07, 6.45) is 0. The molecule has 2 rings (SSSR count). The SMILES string of the molecule is CC(F)(F)c1cc(F)cc(B2OC(C)(C)C(C)(C)O2)c1. The van der Waals surface area contributed by atoms with Gasteiger partial charge in [0, 0.05) is 12.5 Å². The fourth-order valence-corrected chi connectivity index (χ4v) is 1.98. The molecule has 6 heteroatoms. The zero-order valence-corrected chi connectivity index (χ0v) is 12.3. The Morgan fingerprint density at radius 1 is 1.00 bits per heavy atom. The molecule has 20 heavy (non-hydrogen) atoms. The Morgan fingerprint density at radius 3 is 1.95 bits per heavy atom. The van der Waals surface area contributed by atoms with Gasteiger partial charge in [-0.15, -0.1) is 0 Å². The van der Waals surface area contributed by atoms with Crippen LogP contribution >= 0.6 is 0 Å². The van der Waals surface area contributed by atoms with Gasteiger partial charge in [-0.05, 0) is 45.3 Å². The molecule has 0 unspecified atom stereocenters. The summed E-state index contributed by atoms with van der Waals surface area (Å²) in [7, 11) is -0.850. The van der Waals surface area contributed by atoms with Gasteiger partial charge in [0.1, 0.15) is 5.82 Å². The van der Waals surface area contributed by atoms with E-state index in [9.17, 15) is 13.2 Å². The van der Waals surface area contributed by atoms with E-state index in [2.05, 4.69) is 0 Å². The smallest absolute Gasteiger partial charge is 0.399 e. The Bertz CT molecular complexity index is 508. The van der Waals surface area contributed by atoms with Crippen LogP contribution in [0.5, 0.6) is 0 Å². The molecule has 0 aliphatic carbocycles. The zero-order valence-electron chi connectivity index (χ0n) is 12.3. The fraction of sp³-hybridized carbons (Fsp3) is 0.571. The highest BCUT2D eigenvalue weighted by Crippen LogP contribution is 2.37. The first-order valence-corrected chi connectivity index (χ1v) is 6.47. The van der Waals surface area contributed by atoms with Gasteiger partial charge >= 0.3 is 7.12 Å². The van der Waals surface area contributed by atoms with Gasteiger partial charge in [0.05, 0.1) is 11.2 Å². The van der Waals surface area contributed by atoms with Gasteiger partial charge in [0.15, 0.2) is 0 Å². The lowest BCUT2D eigenvalue weighted by molar-refractivity contribution is 0.00578. The number of hydrogen-bond donors (Lipinski definition) is 0. The van der Waals surface area contributed by atoms with E-state index in [0.717, 1.165) is 19.1 Å². The van der Waals surface area contributed by atoms with Gasteiger partial charge in [0.25, 0.3) is 5.92 Å². The molecule has 1 aliphatic rings. The van der Waals surface area contributed by atoms with Crippen molar-refractivity contribution in [1.29, 1.82) is 0 Å². The molecule has 0 saturated carbocycles. The van der Waals surface area contributed by atoms with Gasteiger partial charge in [-0.2, -0.15) is 0 Å². The number of halogens is 3. The Hall–Kier alpha value is -1.01. The lowest BCUT2D eigenvalue weighted by Gasteiger charge is -2.32. The Kier molecular flexibility index (Phi) is 3.46. The lowest BCUT2D eigenvalue weighted by atomic mass is 9.78. The average molecular weight is 286 g/mol. The molecule has 110 valence electrons. The van der Waals surface area contributed by atoms with Crippen LogP contribution in [0, 0.1) is 5.82 Å². The standard InChI is InChI=1S/C14H18BF3O2/c1-12(2)13(3,4)20-15(19-12)10-6-9(14(5,17)18)7-11(16)8-10/h6-8H,1-5H3. The maximum Gasteiger partial charge on any atom is 0.494 e. The van der Waals surface area contributed by atoms with Crippen molar-refractivity contribution in [1.82, 2.24) is 0 Å². The van der Waals surface area contributed by atoms with E-state index < -0.39 is 30.1 Å². The molecular formula is C14H18BF3O2. The van der Waals surface area contributed by atoms with E-state index in [0.29, 0.717) is 0 Å². The predicted octanol–water partition coefficient (Wildman–Crippen LogP) is 3.24. The van der Waals surface area contributed by atoms with Gasteiger partial charge < -0.3 is 9.31 Å². The molecule has 1 fully saturated rings. The third kappa shape index (κ3) is 2.72. The summed E-state index contributed by atoms with van der Waals surface area (Å²) in [5.41, 5.74) is -1.32. The molecular weight excluding hydrogens is 268 g/mol. The van der Waals surface area contributed by atoms with Gasteiger partial charge in [0.2, 0.25) is 0 Å². The van der Waals surface area contributed by atoms with Crippen molar-refractivity contribution >= 4 is 12.6 Å². The molecule has 0 atom stereocenters. The van der Waals surface area contributed by atoms with Crippen LogP contribution in [0.15, 0.2) is 18.2 Å². The van der Waals surface area contributed by atoms with Crippen molar-refractivity contribution in [3.8, 4) is 0 Å². The third-order valence-electron chi connectivity index (χ3n) is 3.95. The van der Waals surface area contributed by atoms with Crippen LogP contribution in [0.4, 0.5) is 13.2 Å². The molecule has 2 nitrogen and oxygen atoms in total. The van der Waals surface area contributed by atoms with Crippen LogP contribution in [-0.2, 0) is 15.2 Å². The summed E-state index contributed by atoms with van der Waals surface area (Å²) >= 11 is 0. The van der Waals surface area contributed by atoms with Crippen LogP contribution in [-0.4, -0.2) is 18.3 Å². The van der Waals surface area contributed by atoms with Gasteiger partial charge in [-0.1, -0.05) is 6.07 Å². The summed E-state index contributed by atoms with van der Waals surface area (Å²) in [6, 6.07) is 3.22.